The SMILES string of the molecule is CC(C)(N)CC(C)(C)CNC(=O)OC1Cc2ccccc2C#Cc2ccccc21. The van der Waals surface area contributed by atoms with Crippen molar-refractivity contribution >= 4 is 6.09 Å². The summed E-state index contributed by atoms with van der Waals surface area (Å²) in [5.41, 5.74) is 9.61. The first-order valence-electron chi connectivity index (χ1n) is 10.1. The van der Waals surface area contributed by atoms with Crippen LogP contribution in [0.5, 0.6) is 0 Å². The van der Waals surface area contributed by atoms with Gasteiger partial charge in [-0.15, -0.1) is 0 Å². The number of rotatable bonds is 5. The number of benzene rings is 2. The maximum Gasteiger partial charge on any atom is 0.407 e. The second kappa shape index (κ2) is 8.31. The van der Waals surface area contributed by atoms with Gasteiger partial charge >= 0.3 is 6.09 Å². The van der Waals surface area contributed by atoms with Gasteiger partial charge in [-0.3, -0.25) is 0 Å². The van der Waals surface area contributed by atoms with Gasteiger partial charge in [0.2, 0.25) is 0 Å². The molecule has 0 spiro atoms. The zero-order chi connectivity index (χ0) is 21.1. The first kappa shape index (κ1) is 21.0. The van der Waals surface area contributed by atoms with Crippen molar-refractivity contribution in [2.75, 3.05) is 6.54 Å². The van der Waals surface area contributed by atoms with Crippen LogP contribution in [0.1, 0.15) is 62.5 Å². The predicted molar refractivity (Wildman–Crippen MR) is 116 cm³/mol. The third-order valence-electron chi connectivity index (χ3n) is 4.96. The highest BCUT2D eigenvalue weighted by Crippen LogP contribution is 2.29. The Morgan fingerprint density at radius 3 is 2.41 bits per heavy atom. The molecule has 2 aromatic rings. The lowest BCUT2D eigenvalue weighted by Crippen LogP contribution is -2.43. The lowest BCUT2D eigenvalue weighted by molar-refractivity contribution is 0.0927. The Bertz CT molecular complexity index is 945. The molecule has 29 heavy (non-hydrogen) atoms. The first-order valence-corrected chi connectivity index (χ1v) is 10.1. The van der Waals surface area contributed by atoms with E-state index in [1.807, 2.05) is 62.4 Å². The largest absolute Gasteiger partial charge is 0.441 e. The van der Waals surface area contributed by atoms with Crippen molar-refractivity contribution in [2.24, 2.45) is 11.1 Å². The lowest BCUT2D eigenvalue weighted by atomic mass is 9.80. The smallest absolute Gasteiger partial charge is 0.407 e. The maximum absolute atomic E-state index is 12.6. The van der Waals surface area contributed by atoms with Crippen molar-refractivity contribution in [3.8, 4) is 11.8 Å². The number of alkyl carbamates (subject to hydrolysis) is 1. The third-order valence-corrected chi connectivity index (χ3v) is 4.96. The molecular formula is C25H30N2O2. The van der Waals surface area contributed by atoms with Crippen LogP contribution in [0.3, 0.4) is 0 Å². The molecule has 3 rings (SSSR count). The highest BCUT2D eigenvalue weighted by Gasteiger charge is 2.28. The Morgan fingerprint density at radius 2 is 1.69 bits per heavy atom. The Hall–Kier alpha value is -2.77. The van der Waals surface area contributed by atoms with E-state index >= 15 is 0 Å². The normalized spacial score (nSPS) is 15.7. The van der Waals surface area contributed by atoms with E-state index in [9.17, 15) is 4.79 Å². The number of carbonyl (C=O) groups is 1. The van der Waals surface area contributed by atoms with E-state index in [2.05, 4.69) is 31.0 Å². The zero-order valence-corrected chi connectivity index (χ0v) is 17.7. The van der Waals surface area contributed by atoms with Gasteiger partial charge in [0.15, 0.2) is 0 Å². The maximum atomic E-state index is 12.6. The molecule has 1 atom stereocenters. The molecule has 4 heteroatoms. The molecule has 2 aromatic carbocycles. The van der Waals surface area contributed by atoms with Crippen molar-refractivity contribution in [2.45, 2.75) is 52.2 Å². The Balaban J connectivity index is 1.76. The van der Waals surface area contributed by atoms with E-state index in [1.54, 1.807) is 0 Å². The quantitative estimate of drug-likeness (QED) is 0.736. The molecule has 3 N–H and O–H groups in total. The summed E-state index contributed by atoms with van der Waals surface area (Å²) in [7, 11) is 0. The minimum atomic E-state index is -0.418. The van der Waals surface area contributed by atoms with Crippen molar-refractivity contribution in [3.05, 3.63) is 70.8 Å². The number of hydrogen-bond donors (Lipinski definition) is 2. The number of carbonyl (C=O) groups excluding carboxylic acids is 1. The third kappa shape index (κ3) is 5.85. The standard InChI is InChI=1S/C25H30N2O2/c1-24(2,16-25(3,4)26)17-27-23(28)29-22-15-20-11-6-5-9-18(20)13-14-19-10-7-8-12-21(19)22/h5-12,22H,15-17,26H2,1-4H3,(H,27,28). The van der Waals surface area contributed by atoms with Crippen LogP contribution < -0.4 is 11.1 Å². The Labute approximate surface area is 173 Å². The molecule has 1 aliphatic rings. The van der Waals surface area contributed by atoms with Crippen LogP contribution in [0.2, 0.25) is 0 Å². The number of nitrogens with one attached hydrogen (secondary N) is 1. The summed E-state index contributed by atoms with van der Waals surface area (Å²) in [4.78, 5) is 12.6. The minimum Gasteiger partial charge on any atom is -0.441 e. The molecule has 1 aliphatic carbocycles. The number of amides is 1. The molecule has 0 aliphatic heterocycles. The van der Waals surface area contributed by atoms with Gasteiger partial charge < -0.3 is 15.8 Å². The van der Waals surface area contributed by atoms with Gasteiger partial charge in [-0.05, 0) is 43.4 Å². The molecule has 0 fully saturated rings. The molecular weight excluding hydrogens is 360 g/mol. The summed E-state index contributed by atoms with van der Waals surface area (Å²) in [5, 5.41) is 2.93. The van der Waals surface area contributed by atoms with Gasteiger partial charge in [0.1, 0.15) is 6.10 Å². The summed E-state index contributed by atoms with van der Waals surface area (Å²) in [5.74, 6) is 6.47. The van der Waals surface area contributed by atoms with E-state index in [-0.39, 0.29) is 11.0 Å². The average Bonchev–Trinajstić information content (AvgIpc) is 2.62. The molecule has 0 bridgehead atoms. The second-order valence-electron chi connectivity index (χ2n) is 9.28. The number of ether oxygens (including phenoxy) is 1. The molecule has 0 radical (unpaired) electrons. The van der Waals surface area contributed by atoms with Gasteiger partial charge in [-0.25, -0.2) is 4.79 Å². The fourth-order valence-corrected chi connectivity index (χ4v) is 4.04. The first-order chi connectivity index (χ1) is 13.6. The highest BCUT2D eigenvalue weighted by molar-refractivity contribution is 5.68. The van der Waals surface area contributed by atoms with Crippen LogP contribution in [0.4, 0.5) is 4.79 Å². The van der Waals surface area contributed by atoms with E-state index in [4.69, 9.17) is 10.5 Å². The van der Waals surface area contributed by atoms with Crippen LogP contribution in [-0.4, -0.2) is 18.2 Å². The second-order valence-corrected chi connectivity index (χ2v) is 9.28. The van der Waals surface area contributed by atoms with Crippen LogP contribution in [0.15, 0.2) is 48.5 Å². The van der Waals surface area contributed by atoms with Crippen LogP contribution >= 0.6 is 0 Å². The minimum absolute atomic E-state index is 0.131. The molecule has 1 amide bonds. The van der Waals surface area contributed by atoms with Gasteiger partial charge in [0, 0.05) is 35.2 Å². The van der Waals surface area contributed by atoms with Crippen LogP contribution in [0, 0.1) is 17.3 Å². The van der Waals surface area contributed by atoms with Crippen LogP contribution in [0.25, 0.3) is 0 Å². The molecule has 152 valence electrons. The van der Waals surface area contributed by atoms with Crippen molar-refractivity contribution in [1.82, 2.24) is 5.32 Å². The van der Waals surface area contributed by atoms with E-state index < -0.39 is 12.2 Å². The molecule has 1 unspecified atom stereocenters. The summed E-state index contributed by atoms with van der Waals surface area (Å²) in [6.07, 6.45) is 0.569. The van der Waals surface area contributed by atoms with Gasteiger partial charge in [-0.2, -0.15) is 0 Å². The highest BCUT2D eigenvalue weighted by atomic mass is 16.6. The average molecular weight is 391 g/mol. The van der Waals surface area contributed by atoms with Crippen molar-refractivity contribution in [1.29, 1.82) is 0 Å². The Morgan fingerprint density at radius 1 is 1.07 bits per heavy atom. The van der Waals surface area contributed by atoms with Gasteiger partial charge in [0.05, 0.1) is 0 Å². The number of nitrogens with two attached hydrogens (primary N) is 1. The van der Waals surface area contributed by atoms with Gasteiger partial charge in [-0.1, -0.05) is 62.1 Å². The molecule has 4 nitrogen and oxygen atoms in total. The predicted octanol–water partition coefficient (Wildman–Crippen LogP) is 4.56. The molecule has 0 heterocycles. The fourth-order valence-electron chi connectivity index (χ4n) is 4.04. The number of fused-ring (bicyclic) bond motifs is 2. The molecule has 0 saturated heterocycles. The number of hydrogen-bond acceptors (Lipinski definition) is 3. The van der Waals surface area contributed by atoms with E-state index in [0.29, 0.717) is 13.0 Å². The van der Waals surface area contributed by atoms with E-state index in [1.165, 1.54) is 0 Å². The monoisotopic (exact) mass is 390 g/mol. The Kier molecular flexibility index (Phi) is 6.00. The van der Waals surface area contributed by atoms with Crippen molar-refractivity contribution < 1.29 is 9.53 Å². The van der Waals surface area contributed by atoms with Crippen LogP contribution in [-0.2, 0) is 11.2 Å². The molecule has 0 aromatic heterocycles. The lowest BCUT2D eigenvalue weighted by Gasteiger charge is -2.32. The zero-order valence-electron chi connectivity index (χ0n) is 17.7. The summed E-state index contributed by atoms with van der Waals surface area (Å²) >= 11 is 0. The summed E-state index contributed by atoms with van der Waals surface area (Å²) < 4.78 is 5.89. The topological polar surface area (TPSA) is 64.3 Å². The summed E-state index contributed by atoms with van der Waals surface area (Å²) in [6.45, 7) is 8.68. The molecule has 0 saturated carbocycles. The van der Waals surface area contributed by atoms with Crippen molar-refractivity contribution in [3.63, 3.8) is 0 Å². The summed E-state index contributed by atoms with van der Waals surface area (Å²) in [6, 6.07) is 15.9. The van der Waals surface area contributed by atoms with E-state index in [0.717, 1.165) is 28.7 Å². The van der Waals surface area contributed by atoms with Gasteiger partial charge in [0.25, 0.3) is 0 Å². The fraction of sp³-hybridized carbons (Fsp3) is 0.400.